The molecule has 0 spiro atoms. The Balaban J connectivity index is 2.79. The van der Waals surface area contributed by atoms with Crippen LogP contribution in [0, 0.1) is 0 Å². The monoisotopic (exact) mass is 141 g/mol. The number of hydrogen-bond acceptors (Lipinski definition) is 3. The third-order valence-corrected chi connectivity index (χ3v) is 1.96. The Kier molecular flexibility index (Phi) is 1.85. The van der Waals surface area contributed by atoms with Gasteiger partial charge in [-0.15, -0.1) is 5.53 Å². The molecule has 0 aromatic heterocycles. The van der Waals surface area contributed by atoms with Gasteiger partial charge in [-0.25, -0.2) is 0 Å². The summed E-state index contributed by atoms with van der Waals surface area (Å²) < 4.78 is 0. The number of hydrogen-bond donors (Lipinski definition) is 1. The Morgan fingerprint density at radius 2 is 1.90 bits per heavy atom. The molecule has 0 radical (unpaired) electrons. The largest absolute Gasteiger partial charge is 0.296 e. The highest BCUT2D eigenvalue weighted by Gasteiger charge is 2.17. The van der Waals surface area contributed by atoms with Gasteiger partial charge in [-0.3, -0.25) is 10.0 Å². The van der Waals surface area contributed by atoms with Gasteiger partial charge >= 0.3 is 0 Å². The molecule has 0 unspecified atom stereocenters. The summed E-state index contributed by atoms with van der Waals surface area (Å²) in [5.41, 5.74) is 5.83. The standard InChI is InChI=1S/C7H15N3/c1-5-7-6(2)9(3)8-10(7)4/h8H,5H2,1-4H3. The molecule has 10 heavy (non-hydrogen) atoms. The van der Waals surface area contributed by atoms with E-state index in [4.69, 9.17) is 0 Å². The van der Waals surface area contributed by atoms with Crippen molar-refractivity contribution in [3.63, 3.8) is 0 Å². The Bertz CT molecular complexity index is 162. The van der Waals surface area contributed by atoms with E-state index in [1.165, 1.54) is 11.4 Å². The minimum absolute atomic E-state index is 1.08. The highest BCUT2D eigenvalue weighted by Crippen LogP contribution is 2.17. The SMILES string of the molecule is CCC1=C(C)N(C)NN1C. The fraction of sp³-hybridized carbons (Fsp3) is 0.714. The van der Waals surface area contributed by atoms with Crippen LogP contribution in [-0.4, -0.2) is 24.1 Å². The predicted molar refractivity (Wildman–Crippen MR) is 41.7 cm³/mol. The molecule has 1 aliphatic rings. The summed E-state index contributed by atoms with van der Waals surface area (Å²) in [4.78, 5) is 0. The molecule has 3 nitrogen and oxygen atoms in total. The maximum absolute atomic E-state index is 3.16. The van der Waals surface area contributed by atoms with Crippen LogP contribution in [0.1, 0.15) is 20.3 Å². The molecule has 58 valence electrons. The van der Waals surface area contributed by atoms with Crippen molar-refractivity contribution in [2.75, 3.05) is 14.1 Å². The van der Waals surface area contributed by atoms with Crippen LogP contribution in [0.4, 0.5) is 0 Å². The Morgan fingerprint density at radius 3 is 2.10 bits per heavy atom. The van der Waals surface area contributed by atoms with Crippen LogP contribution in [0.25, 0.3) is 0 Å². The molecule has 0 amide bonds. The van der Waals surface area contributed by atoms with E-state index in [0.29, 0.717) is 0 Å². The summed E-state index contributed by atoms with van der Waals surface area (Å²) in [7, 11) is 4.06. The van der Waals surface area contributed by atoms with Gasteiger partial charge in [0.25, 0.3) is 0 Å². The van der Waals surface area contributed by atoms with E-state index in [-0.39, 0.29) is 0 Å². The maximum Gasteiger partial charge on any atom is 0.0508 e. The molecular weight excluding hydrogens is 126 g/mol. The first-order valence-corrected chi connectivity index (χ1v) is 3.60. The zero-order chi connectivity index (χ0) is 7.72. The summed E-state index contributed by atoms with van der Waals surface area (Å²) in [5.74, 6) is 0. The van der Waals surface area contributed by atoms with Gasteiger partial charge in [-0.05, 0) is 13.3 Å². The minimum atomic E-state index is 1.08. The van der Waals surface area contributed by atoms with E-state index in [1.54, 1.807) is 0 Å². The lowest BCUT2D eigenvalue weighted by atomic mass is 10.3. The van der Waals surface area contributed by atoms with Crippen LogP contribution in [0.2, 0.25) is 0 Å². The fourth-order valence-corrected chi connectivity index (χ4v) is 1.29. The molecular formula is C7H15N3. The Labute approximate surface area is 62.2 Å². The molecule has 0 fully saturated rings. The van der Waals surface area contributed by atoms with Crippen molar-refractivity contribution in [1.82, 2.24) is 15.6 Å². The lowest BCUT2D eigenvalue weighted by Gasteiger charge is -2.16. The molecule has 1 N–H and O–H groups in total. The molecule has 0 saturated heterocycles. The van der Waals surface area contributed by atoms with Gasteiger partial charge in [0, 0.05) is 19.8 Å². The van der Waals surface area contributed by atoms with E-state index in [0.717, 1.165) is 6.42 Å². The third-order valence-electron chi connectivity index (χ3n) is 1.96. The lowest BCUT2D eigenvalue weighted by molar-refractivity contribution is 0.173. The van der Waals surface area contributed by atoms with E-state index in [1.807, 2.05) is 19.1 Å². The summed E-state index contributed by atoms with van der Waals surface area (Å²) in [5, 5.41) is 4.08. The van der Waals surface area contributed by atoms with Gasteiger partial charge in [0.1, 0.15) is 0 Å². The van der Waals surface area contributed by atoms with Crippen LogP contribution in [0.5, 0.6) is 0 Å². The summed E-state index contributed by atoms with van der Waals surface area (Å²) in [6, 6.07) is 0. The second kappa shape index (κ2) is 2.50. The van der Waals surface area contributed by atoms with Crippen molar-refractivity contribution in [2.24, 2.45) is 0 Å². The third kappa shape index (κ3) is 0.968. The van der Waals surface area contributed by atoms with Gasteiger partial charge in [0.2, 0.25) is 0 Å². The first kappa shape index (κ1) is 7.41. The molecule has 0 aliphatic carbocycles. The first-order chi connectivity index (χ1) is 4.66. The molecule has 1 rings (SSSR count). The van der Waals surface area contributed by atoms with Crippen molar-refractivity contribution < 1.29 is 0 Å². The molecule has 0 atom stereocenters. The van der Waals surface area contributed by atoms with Gasteiger partial charge in [-0.1, -0.05) is 6.92 Å². The zero-order valence-corrected chi connectivity index (χ0v) is 7.10. The van der Waals surface area contributed by atoms with Crippen LogP contribution in [0.3, 0.4) is 0 Å². The summed E-state index contributed by atoms with van der Waals surface area (Å²) >= 11 is 0. The Morgan fingerprint density at radius 1 is 1.30 bits per heavy atom. The quantitative estimate of drug-likeness (QED) is 0.586. The normalized spacial score (nSPS) is 19.2. The van der Waals surface area contributed by atoms with Crippen molar-refractivity contribution in [1.29, 1.82) is 0 Å². The number of hydrazine groups is 2. The van der Waals surface area contributed by atoms with E-state index in [9.17, 15) is 0 Å². The highest BCUT2D eigenvalue weighted by molar-refractivity contribution is 5.11. The number of nitrogens with zero attached hydrogens (tertiary/aromatic N) is 2. The molecule has 3 heteroatoms. The number of nitrogens with one attached hydrogen (secondary N) is 1. The zero-order valence-electron chi connectivity index (χ0n) is 7.10. The van der Waals surface area contributed by atoms with Crippen LogP contribution in [0.15, 0.2) is 11.4 Å². The second-order valence-corrected chi connectivity index (χ2v) is 2.60. The van der Waals surface area contributed by atoms with Crippen molar-refractivity contribution in [3.8, 4) is 0 Å². The summed E-state index contributed by atoms with van der Waals surface area (Å²) in [6.45, 7) is 4.28. The van der Waals surface area contributed by atoms with E-state index >= 15 is 0 Å². The van der Waals surface area contributed by atoms with Crippen LogP contribution in [-0.2, 0) is 0 Å². The van der Waals surface area contributed by atoms with Gasteiger partial charge in [0.15, 0.2) is 0 Å². The smallest absolute Gasteiger partial charge is 0.0508 e. The molecule has 0 aromatic carbocycles. The van der Waals surface area contributed by atoms with Crippen LogP contribution >= 0.6 is 0 Å². The molecule has 0 aromatic rings. The summed E-state index contributed by atoms with van der Waals surface area (Å²) in [6.07, 6.45) is 1.08. The Hall–Kier alpha value is -0.700. The predicted octanol–water partition coefficient (Wildman–Crippen LogP) is 0.925. The highest BCUT2D eigenvalue weighted by atomic mass is 15.8. The van der Waals surface area contributed by atoms with Crippen molar-refractivity contribution in [2.45, 2.75) is 20.3 Å². The fourth-order valence-electron chi connectivity index (χ4n) is 1.29. The average Bonchev–Trinajstić information content (AvgIpc) is 2.09. The van der Waals surface area contributed by atoms with Crippen molar-refractivity contribution in [3.05, 3.63) is 11.4 Å². The van der Waals surface area contributed by atoms with Crippen molar-refractivity contribution >= 4 is 0 Å². The van der Waals surface area contributed by atoms with E-state index in [2.05, 4.69) is 24.4 Å². The van der Waals surface area contributed by atoms with Gasteiger partial charge in [-0.2, -0.15) is 0 Å². The molecule has 1 aliphatic heterocycles. The van der Waals surface area contributed by atoms with Crippen LogP contribution < -0.4 is 5.53 Å². The van der Waals surface area contributed by atoms with Gasteiger partial charge < -0.3 is 0 Å². The molecule has 1 heterocycles. The first-order valence-electron chi connectivity index (χ1n) is 3.60. The number of allylic oxidation sites excluding steroid dienone is 2. The average molecular weight is 141 g/mol. The number of rotatable bonds is 1. The lowest BCUT2D eigenvalue weighted by Crippen LogP contribution is -2.36. The van der Waals surface area contributed by atoms with Gasteiger partial charge in [0.05, 0.1) is 5.70 Å². The topological polar surface area (TPSA) is 18.5 Å². The minimum Gasteiger partial charge on any atom is -0.296 e. The second-order valence-electron chi connectivity index (χ2n) is 2.60. The molecule has 0 saturated carbocycles. The maximum atomic E-state index is 3.16. The van der Waals surface area contributed by atoms with E-state index < -0.39 is 0 Å². The molecule has 0 bridgehead atoms.